The predicted octanol–water partition coefficient (Wildman–Crippen LogP) is 2.10. The van der Waals surface area contributed by atoms with Gasteiger partial charge in [-0.15, -0.1) is 0 Å². The first-order valence-corrected chi connectivity index (χ1v) is 6.03. The van der Waals surface area contributed by atoms with E-state index >= 15 is 0 Å². The lowest BCUT2D eigenvalue weighted by atomic mass is 10.1. The van der Waals surface area contributed by atoms with Crippen LogP contribution < -0.4 is 10.1 Å². The number of carboxylic acids is 1. The molecule has 0 saturated heterocycles. The minimum absolute atomic E-state index is 0.186. The Morgan fingerprint density at radius 3 is 2.75 bits per heavy atom. The van der Waals surface area contributed by atoms with Crippen molar-refractivity contribution in [2.45, 2.75) is 13.5 Å². The third-order valence-electron chi connectivity index (χ3n) is 2.75. The van der Waals surface area contributed by atoms with Gasteiger partial charge < -0.3 is 15.2 Å². The molecule has 0 unspecified atom stereocenters. The summed E-state index contributed by atoms with van der Waals surface area (Å²) in [7, 11) is 1.53. The number of aryl methyl sites for hydroxylation is 1. The number of hydrogen-bond donors (Lipinski definition) is 2. The summed E-state index contributed by atoms with van der Waals surface area (Å²) in [6.45, 7) is 2.25. The molecular formula is C14H15N3O3. The van der Waals surface area contributed by atoms with E-state index in [0.717, 1.165) is 11.4 Å². The van der Waals surface area contributed by atoms with Crippen molar-refractivity contribution in [3.05, 3.63) is 47.5 Å². The molecule has 6 nitrogen and oxygen atoms in total. The van der Waals surface area contributed by atoms with Crippen LogP contribution in [0.25, 0.3) is 0 Å². The van der Waals surface area contributed by atoms with Gasteiger partial charge >= 0.3 is 5.97 Å². The minimum Gasteiger partial charge on any atom is -0.497 e. The molecule has 20 heavy (non-hydrogen) atoms. The number of carbonyl (C=O) groups is 1. The van der Waals surface area contributed by atoms with E-state index in [1.54, 1.807) is 24.5 Å². The molecule has 1 aromatic heterocycles. The Morgan fingerprint density at radius 2 is 2.15 bits per heavy atom. The van der Waals surface area contributed by atoms with E-state index in [4.69, 9.17) is 9.84 Å². The molecule has 0 saturated carbocycles. The van der Waals surface area contributed by atoms with Crippen LogP contribution in [0.1, 0.15) is 21.7 Å². The van der Waals surface area contributed by atoms with E-state index in [1.165, 1.54) is 13.2 Å². The van der Waals surface area contributed by atoms with Gasteiger partial charge in [-0.3, -0.25) is 9.97 Å². The van der Waals surface area contributed by atoms with Crippen molar-refractivity contribution < 1.29 is 14.6 Å². The maximum atomic E-state index is 11.2. The number of nitrogens with zero attached hydrogens (tertiary/aromatic N) is 2. The quantitative estimate of drug-likeness (QED) is 0.868. The molecule has 1 heterocycles. The average Bonchev–Trinajstić information content (AvgIpc) is 2.46. The van der Waals surface area contributed by atoms with Crippen LogP contribution in [-0.2, 0) is 6.54 Å². The van der Waals surface area contributed by atoms with E-state index in [0.29, 0.717) is 18.0 Å². The Labute approximate surface area is 116 Å². The standard InChI is InChI=1S/C14H15N3O3/c1-9-6-16-10(7-15-9)8-17-13-5-11(20-2)3-4-12(13)14(18)19/h3-7,17H,8H2,1-2H3,(H,18,19). The first kappa shape index (κ1) is 13.8. The topological polar surface area (TPSA) is 84.3 Å². The van der Waals surface area contributed by atoms with Gasteiger partial charge in [-0.2, -0.15) is 0 Å². The highest BCUT2D eigenvalue weighted by Gasteiger charge is 2.11. The summed E-state index contributed by atoms with van der Waals surface area (Å²) in [4.78, 5) is 19.5. The van der Waals surface area contributed by atoms with Gasteiger partial charge in [0.1, 0.15) is 5.75 Å². The third kappa shape index (κ3) is 3.23. The Bertz CT molecular complexity index is 612. The molecule has 2 rings (SSSR count). The van der Waals surface area contributed by atoms with Crippen LogP contribution in [-0.4, -0.2) is 28.2 Å². The number of anilines is 1. The molecule has 0 radical (unpaired) electrons. The molecule has 0 fully saturated rings. The molecule has 104 valence electrons. The van der Waals surface area contributed by atoms with E-state index in [-0.39, 0.29) is 5.56 Å². The summed E-state index contributed by atoms with van der Waals surface area (Å²) in [5.41, 5.74) is 2.24. The molecular weight excluding hydrogens is 258 g/mol. The van der Waals surface area contributed by atoms with Crippen LogP contribution in [0.4, 0.5) is 5.69 Å². The predicted molar refractivity (Wildman–Crippen MR) is 74.0 cm³/mol. The average molecular weight is 273 g/mol. The largest absolute Gasteiger partial charge is 0.497 e. The molecule has 2 N–H and O–H groups in total. The fraction of sp³-hybridized carbons (Fsp3) is 0.214. The van der Waals surface area contributed by atoms with Crippen molar-refractivity contribution in [2.24, 2.45) is 0 Å². The van der Waals surface area contributed by atoms with Gasteiger partial charge in [0, 0.05) is 12.3 Å². The van der Waals surface area contributed by atoms with E-state index in [9.17, 15) is 4.79 Å². The summed E-state index contributed by atoms with van der Waals surface area (Å²) in [5.74, 6) is -0.405. The molecule has 6 heteroatoms. The normalized spacial score (nSPS) is 10.1. The second-order valence-electron chi connectivity index (χ2n) is 4.22. The van der Waals surface area contributed by atoms with Gasteiger partial charge in [-0.05, 0) is 19.1 Å². The van der Waals surface area contributed by atoms with Crippen LogP contribution in [0.5, 0.6) is 5.75 Å². The maximum absolute atomic E-state index is 11.2. The second-order valence-corrected chi connectivity index (χ2v) is 4.22. The molecule has 0 aliphatic rings. The first-order chi connectivity index (χ1) is 9.60. The highest BCUT2D eigenvalue weighted by molar-refractivity contribution is 5.94. The van der Waals surface area contributed by atoms with Crippen LogP contribution >= 0.6 is 0 Å². The Morgan fingerprint density at radius 1 is 1.35 bits per heavy atom. The van der Waals surface area contributed by atoms with Crippen molar-refractivity contribution in [3.8, 4) is 5.75 Å². The van der Waals surface area contributed by atoms with Crippen LogP contribution in [0.3, 0.4) is 0 Å². The number of aromatic nitrogens is 2. The van der Waals surface area contributed by atoms with Crippen LogP contribution in [0, 0.1) is 6.92 Å². The highest BCUT2D eigenvalue weighted by Crippen LogP contribution is 2.23. The number of hydrogen-bond acceptors (Lipinski definition) is 5. The van der Waals surface area contributed by atoms with Gasteiger partial charge in [0.2, 0.25) is 0 Å². The number of benzene rings is 1. The van der Waals surface area contributed by atoms with Crippen molar-refractivity contribution in [2.75, 3.05) is 12.4 Å². The molecule has 0 aliphatic heterocycles. The SMILES string of the molecule is COc1ccc(C(=O)O)c(NCc2cnc(C)cn2)c1. The van der Waals surface area contributed by atoms with Crippen LogP contribution in [0.15, 0.2) is 30.6 Å². The van der Waals surface area contributed by atoms with Crippen molar-refractivity contribution >= 4 is 11.7 Å². The zero-order valence-corrected chi connectivity index (χ0v) is 11.3. The number of carboxylic acid groups (broad SMARTS) is 1. The lowest BCUT2D eigenvalue weighted by Gasteiger charge is -2.11. The maximum Gasteiger partial charge on any atom is 0.337 e. The molecule has 2 aromatic rings. The highest BCUT2D eigenvalue weighted by atomic mass is 16.5. The number of aromatic carboxylic acids is 1. The van der Waals surface area contributed by atoms with E-state index < -0.39 is 5.97 Å². The molecule has 1 aromatic carbocycles. The van der Waals surface area contributed by atoms with Crippen LogP contribution in [0.2, 0.25) is 0 Å². The molecule has 0 aliphatic carbocycles. The smallest absolute Gasteiger partial charge is 0.337 e. The van der Waals surface area contributed by atoms with E-state index in [1.807, 2.05) is 6.92 Å². The first-order valence-electron chi connectivity index (χ1n) is 6.03. The van der Waals surface area contributed by atoms with Crippen molar-refractivity contribution in [3.63, 3.8) is 0 Å². The lowest BCUT2D eigenvalue weighted by Crippen LogP contribution is -2.08. The number of methoxy groups -OCH3 is 1. The third-order valence-corrected chi connectivity index (χ3v) is 2.75. The summed E-state index contributed by atoms with van der Waals surface area (Å²) in [6, 6.07) is 4.76. The summed E-state index contributed by atoms with van der Waals surface area (Å²) >= 11 is 0. The number of nitrogens with one attached hydrogen (secondary N) is 1. The lowest BCUT2D eigenvalue weighted by molar-refractivity contribution is 0.0698. The molecule has 0 atom stereocenters. The monoisotopic (exact) mass is 273 g/mol. The van der Waals surface area contributed by atoms with Gasteiger partial charge in [-0.1, -0.05) is 0 Å². The zero-order valence-electron chi connectivity index (χ0n) is 11.3. The van der Waals surface area contributed by atoms with Crippen molar-refractivity contribution in [1.82, 2.24) is 9.97 Å². The van der Waals surface area contributed by atoms with Crippen molar-refractivity contribution in [1.29, 1.82) is 0 Å². The summed E-state index contributed by atoms with van der Waals surface area (Å²) in [5, 5.41) is 12.2. The van der Waals surface area contributed by atoms with Gasteiger partial charge in [-0.25, -0.2) is 4.79 Å². The fourth-order valence-corrected chi connectivity index (χ4v) is 1.68. The van der Waals surface area contributed by atoms with E-state index in [2.05, 4.69) is 15.3 Å². The molecule has 0 spiro atoms. The zero-order chi connectivity index (χ0) is 14.5. The number of ether oxygens (including phenoxy) is 1. The minimum atomic E-state index is -0.995. The molecule has 0 bridgehead atoms. The Hall–Kier alpha value is -2.63. The van der Waals surface area contributed by atoms with Gasteiger partial charge in [0.15, 0.2) is 0 Å². The Kier molecular flexibility index (Phi) is 4.14. The Balaban J connectivity index is 2.18. The van der Waals surface area contributed by atoms with Gasteiger partial charge in [0.25, 0.3) is 0 Å². The van der Waals surface area contributed by atoms with Gasteiger partial charge in [0.05, 0.1) is 42.5 Å². The second kappa shape index (κ2) is 6.01. The number of rotatable bonds is 5. The summed E-state index contributed by atoms with van der Waals surface area (Å²) in [6.07, 6.45) is 3.32. The summed E-state index contributed by atoms with van der Waals surface area (Å²) < 4.78 is 5.10. The fourth-order valence-electron chi connectivity index (χ4n) is 1.68. The molecule has 0 amide bonds.